The van der Waals surface area contributed by atoms with Crippen LogP contribution >= 0.6 is 0 Å². The molecular formula is C11H16FN3O2. The van der Waals surface area contributed by atoms with Crippen molar-refractivity contribution < 1.29 is 9.31 Å². The van der Waals surface area contributed by atoms with E-state index in [1.807, 2.05) is 19.0 Å². The number of hydrogen-bond acceptors (Lipinski definition) is 4. The van der Waals surface area contributed by atoms with E-state index in [1.165, 1.54) is 12.1 Å². The van der Waals surface area contributed by atoms with Crippen LogP contribution in [0.25, 0.3) is 0 Å². The topological polar surface area (TPSA) is 58.4 Å². The van der Waals surface area contributed by atoms with Crippen molar-refractivity contribution in [2.24, 2.45) is 0 Å². The molecular weight excluding hydrogens is 225 g/mol. The number of non-ortho nitro benzene ring substituents is 1. The van der Waals surface area contributed by atoms with Crippen molar-refractivity contribution in [2.75, 3.05) is 32.5 Å². The zero-order valence-electron chi connectivity index (χ0n) is 9.94. The predicted octanol–water partition coefficient (Wildman–Crippen LogP) is 2.10. The van der Waals surface area contributed by atoms with Crippen LogP contribution in [0.2, 0.25) is 0 Å². The number of halogens is 1. The van der Waals surface area contributed by atoms with E-state index in [2.05, 4.69) is 5.32 Å². The van der Waals surface area contributed by atoms with E-state index in [0.29, 0.717) is 12.2 Å². The lowest BCUT2D eigenvalue weighted by atomic mass is 10.2. The summed E-state index contributed by atoms with van der Waals surface area (Å²) >= 11 is 0. The monoisotopic (exact) mass is 241 g/mol. The fourth-order valence-corrected chi connectivity index (χ4v) is 1.41. The molecule has 0 saturated carbocycles. The highest BCUT2D eigenvalue weighted by Crippen LogP contribution is 2.19. The number of nitro groups is 1. The summed E-state index contributed by atoms with van der Waals surface area (Å²) in [5, 5.41) is 13.5. The molecule has 0 atom stereocenters. The van der Waals surface area contributed by atoms with Crippen LogP contribution < -0.4 is 5.32 Å². The number of anilines is 1. The Morgan fingerprint density at radius 1 is 1.41 bits per heavy atom. The van der Waals surface area contributed by atoms with E-state index < -0.39 is 10.7 Å². The van der Waals surface area contributed by atoms with Gasteiger partial charge < -0.3 is 10.2 Å². The van der Waals surface area contributed by atoms with E-state index in [9.17, 15) is 14.5 Å². The summed E-state index contributed by atoms with van der Waals surface area (Å²) in [6, 6.07) is 3.49. The zero-order chi connectivity index (χ0) is 12.8. The first-order valence-corrected chi connectivity index (χ1v) is 5.32. The van der Waals surface area contributed by atoms with Gasteiger partial charge in [-0.2, -0.15) is 0 Å². The lowest BCUT2D eigenvalue weighted by Crippen LogP contribution is -2.16. The zero-order valence-corrected chi connectivity index (χ0v) is 9.94. The summed E-state index contributed by atoms with van der Waals surface area (Å²) in [5.41, 5.74) is 0.204. The molecule has 0 saturated heterocycles. The molecule has 0 aliphatic carbocycles. The average Bonchev–Trinajstić information content (AvgIpc) is 2.23. The molecule has 1 aromatic carbocycles. The molecule has 0 fully saturated rings. The van der Waals surface area contributed by atoms with Crippen LogP contribution in [-0.4, -0.2) is 37.0 Å². The minimum atomic E-state index is -0.603. The largest absolute Gasteiger partial charge is 0.385 e. The summed E-state index contributed by atoms with van der Waals surface area (Å²) in [4.78, 5) is 12.0. The first-order valence-electron chi connectivity index (χ1n) is 5.32. The second-order valence-corrected chi connectivity index (χ2v) is 4.04. The van der Waals surface area contributed by atoms with E-state index in [1.54, 1.807) is 0 Å². The molecule has 0 aromatic heterocycles. The Labute approximate surface area is 99.4 Å². The quantitative estimate of drug-likeness (QED) is 0.470. The minimum Gasteiger partial charge on any atom is -0.385 e. The Morgan fingerprint density at radius 3 is 2.71 bits per heavy atom. The van der Waals surface area contributed by atoms with Crippen molar-refractivity contribution in [1.29, 1.82) is 0 Å². The van der Waals surface area contributed by atoms with Crippen LogP contribution in [0.1, 0.15) is 6.42 Å². The highest BCUT2D eigenvalue weighted by molar-refractivity contribution is 5.51. The Bertz CT molecular complexity index is 396. The van der Waals surface area contributed by atoms with Gasteiger partial charge in [0.2, 0.25) is 0 Å². The van der Waals surface area contributed by atoms with Gasteiger partial charge >= 0.3 is 0 Å². The molecule has 0 bridgehead atoms. The van der Waals surface area contributed by atoms with E-state index in [-0.39, 0.29) is 5.69 Å². The third-order valence-electron chi connectivity index (χ3n) is 2.20. The number of hydrogen-bond donors (Lipinski definition) is 1. The van der Waals surface area contributed by atoms with E-state index in [4.69, 9.17) is 0 Å². The van der Waals surface area contributed by atoms with Crippen molar-refractivity contribution in [3.63, 3.8) is 0 Å². The number of nitrogens with zero attached hydrogens (tertiary/aromatic N) is 2. The van der Waals surface area contributed by atoms with Gasteiger partial charge in [-0.3, -0.25) is 10.1 Å². The summed E-state index contributed by atoms with van der Waals surface area (Å²) in [7, 11) is 3.93. The first kappa shape index (κ1) is 13.4. The number of nitrogens with one attached hydrogen (secondary N) is 1. The molecule has 0 aliphatic rings. The van der Waals surface area contributed by atoms with Gasteiger partial charge in [-0.05, 0) is 33.1 Å². The Kier molecular flexibility index (Phi) is 4.84. The summed E-state index contributed by atoms with van der Waals surface area (Å²) in [5.74, 6) is -0.602. The Balaban J connectivity index is 2.56. The molecule has 1 aromatic rings. The number of nitro benzene ring substituents is 1. The smallest absolute Gasteiger partial charge is 0.274 e. The van der Waals surface area contributed by atoms with Crippen molar-refractivity contribution in [3.05, 3.63) is 34.1 Å². The maximum atomic E-state index is 13.1. The highest BCUT2D eigenvalue weighted by atomic mass is 19.1. The first-order chi connectivity index (χ1) is 7.99. The molecule has 0 heterocycles. The summed E-state index contributed by atoms with van der Waals surface area (Å²) in [6.07, 6.45) is 0.886. The Morgan fingerprint density at radius 2 is 2.12 bits per heavy atom. The maximum absolute atomic E-state index is 13.1. The van der Waals surface area contributed by atoms with Crippen LogP contribution in [0.4, 0.5) is 15.8 Å². The summed E-state index contributed by atoms with van der Waals surface area (Å²) in [6.45, 7) is 1.56. The van der Waals surface area contributed by atoms with Crippen molar-refractivity contribution in [1.82, 2.24) is 4.90 Å². The lowest BCUT2D eigenvalue weighted by Gasteiger charge is -2.10. The molecule has 0 radical (unpaired) electrons. The van der Waals surface area contributed by atoms with Crippen LogP contribution in [0.3, 0.4) is 0 Å². The van der Waals surface area contributed by atoms with Crippen LogP contribution in [0.15, 0.2) is 18.2 Å². The molecule has 1 rings (SSSR count). The fourth-order valence-electron chi connectivity index (χ4n) is 1.41. The normalized spacial score (nSPS) is 10.6. The molecule has 1 N–H and O–H groups in total. The van der Waals surface area contributed by atoms with Crippen molar-refractivity contribution in [3.8, 4) is 0 Å². The van der Waals surface area contributed by atoms with Crippen LogP contribution in [-0.2, 0) is 0 Å². The van der Waals surface area contributed by atoms with Gasteiger partial charge in [0.25, 0.3) is 5.69 Å². The maximum Gasteiger partial charge on any atom is 0.274 e. The fraction of sp³-hybridized carbons (Fsp3) is 0.455. The van der Waals surface area contributed by atoms with E-state index in [0.717, 1.165) is 19.0 Å². The molecule has 0 spiro atoms. The van der Waals surface area contributed by atoms with Gasteiger partial charge in [0.1, 0.15) is 5.82 Å². The molecule has 0 amide bonds. The van der Waals surface area contributed by atoms with Crippen LogP contribution in [0, 0.1) is 15.9 Å². The van der Waals surface area contributed by atoms with Gasteiger partial charge in [0, 0.05) is 18.3 Å². The van der Waals surface area contributed by atoms with Crippen molar-refractivity contribution in [2.45, 2.75) is 6.42 Å². The van der Waals surface area contributed by atoms with E-state index >= 15 is 0 Å². The van der Waals surface area contributed by atoms with Gasteiger partial charge in [-0.25, -0.2) is 4.39 Å². The number of benzene rings is 1. The van der Waals surface area contributed by atoms with Crippen LogP contribution in [0.5, 0.6) is 0 Å². The number of rotatable bonds is 6. The standard InChI is InChI=1S/C11H16FN3O2/c1-14(2)5-3-4-13-10-6-9(12)7-11(8-10)15(16)17/h6-8,13H,3-5H2,1-2H3. The van der Waals surface area contributed by atoms with Crippen molar-refractivity contribution >= 4 is 11.4 Å². The van der Waals surface area contributed by atoms with Gasteiger partial charge in [0.05, 0.1) is 11.0 Å². The molecule has 5 nitrogen and oxygen atoms in total. The van der Waals surface area contributed by atoms with Gasteiger partial charge in [-0.1, -0.05) is 0 Å². The molecule has 6 heteroatoms. The second kappa shape index (κ2) is 6.15. The lowest BCUT2D eigenvalue weighted by molar-refractivity contribution is -0.385. The molecule has 94 valence electrons. The predicted molar refractivity (Wildman–Crippen MR) is 64.7 cm³/mol. The molecule has 0 unspecified atom stereocenters. The average molecular weight is 241 g/mol. The minimum absolute atomic E-state index is 0.236. The summed E-state index contributed by atoms with van der Waals surface area (Å²) < 4.78 is 13.1. The van der Waals surface area contributed by atoms with Gasteiger partial charge in [0.15, 0.2) is 0 Å². The second-order valence-electron chi connectivity index (χ2n) is 4.04. The third kappa shape index (κ3) is 4.78. The Hall–Kier alpha value is -1.69. The SMILES string of the molecule is CN(C)CCCNc1cc(F)cc([N+](=O)[O-])c1. The molecule has 0 aliphatic heterocycles. The molecule has 17 heavy (non-hydrogen) atoms. The van der Waals surface area contributed by atoms with Gasteiger partial charge in [-0.15, -0.1) is 0 Å². The third-order valence-corrected chi connectivity index (χ3v) is 2.20. The highest BCUT2D eigenvalue weighted by Gasteiger charge is 2.09.